The quantitative estimate of drug-likeness (QED) is 0.722. The third kappa shape index (κ3) is 4.87. The van der Waals surface area contributed by atoms with Crippen molar-refractivity contribution in [2.45, 2.75) is 56.8 Å². The molecule has 2 aromatic rings. The Morgan fingerprint density at radius 1 is 1.03 bits per heavy atom. The number of benzene rings is 1. The first-order chi connectivity index (χ1) is 14.2. The summed E-state index contributed by atoms with van der Waals surface area (Å²) in [5.41, 5.74) is 0. The topological polar surface area (TPSA) is 51.2 Å². The van der Waals surface area contributed by atoms with Crippen LogP contribution in [0.3, 0.4) is 0 Å². The molecule has 1 aliphatic carbocycles. The molecule has 2 fully saturated rings. The Morgan fingerprint density at radius 3 is 2.59 bits per heavy atom. The van der Waals surface area contributed by atoms with Crippen molar-refractivity contribution in [2.24, 2.45) is 0 Å². The highest BCUT2D eigenvalue weighted by Crippen LogP contribution is 2.38. The third-order valence-corrected chi connectivity index (χ3v) is 7.30. The van der Waals surface area contributed by atoms with Crippen molar-refractivity contribution in [3.63, 3.8) is 0 Å². The molecule has 2 aliphatic rings. The lowest BCUT2D eigenvalue weighted by molar-refractivity contribution is -0.0266. The van der Waals surface area contributed by atoms with Gasteiger partial charge in [0.25, 0.3) is 0 Å². The van der Waals surface area contributed by atoms with Gasteiger partial charge in [-0.05, 0) is 49.4 Å². The average Bonchev–Trinajstić information content (AvgIpc) is 3.42. The fourth-order valence-corrected chi connectivity index (χ4v) is 5.65. The van der Waals surface area contributed by atoms with Crippen LogP contribution in [0.25, 0.3) is 0 Å². The van der Waals surface area contributed by atoms with Crippen LogP contribution >= 0.6 is 11.3 Å². The number of nitrogens with zero attached hydrogens (tertiary/aromatic N) is 1. The number of aliphatic hydroxyl groups is 1. The summed E-state index contributed by atoms with van der Waals surface area (Å²) >= 11 is 1.96. The molecule has 4 rings (SSSR count). The maximum atomic E-state index is 10.5. The van der Waals surface area contributed by atoms with Gasteiger partial charge in [-0.2, -0.15) is 0 Å². The van der Waals surface area contributed by atoms with Crippen molar-refractivity contribution in [1.29, 1.82) is 0 Å². The van der Waals surface area contributed by atoms with Gasteiger partial charge in [0, 0.05) is 35.5 Å². The van der Waals surface area contributed by atoms with E-state index in [4.69, 9.17) is 14.2 Å². The molecule has 2 heterocycles. The number of aliphatic hydroxyl groups excluding tert-OH is 1. The molecule has 0 unspecified atom stereocenters. The Labute approximate surface area is 177 Å². The Kier molecular flexibility index (Phi) is 6.63. The molecule has 0 amide bonds. The number of rotatable bonds is 7. The first kappa shape index (κ1) is 20.5. The van der Waals surface area contributed by atoms with Crippen LogP contribution in [-0.4, -0.2) is 49.5 Å². The van der Waals surface area contributed by atoms with E-state index in [2.05, 4.69) is 17.0 Å². The van der Waals surface area contributed by atoms with Crippen LogP contribution in [0.15, 0.2) is 30.3 Å². The number of methoxy groups -OCH3 is 2. The highest BCUT2D eigenvalue weighted by Gasteiger charge is 2.30. The first-order valence-electron chi connectivity index (χ1n) is 10.5. The molecule has 6 heteroatoms. The molecule has 1 N–H and O–H groups in total. The van der Waals surface area contributed by atoms with Gasteiger partial charge in [0.2, 0.25) is 0 Å². The van der Waals surface area contributed by atoms with Gasteiger partial charge in [0.05, 0.1) is 20.3 Å². The van der Waals surface area contributed by atoms with Crippen molar-refractivity contribution in [1.82, 2.24) is 4.90 Å². The predicted octanol–water partition coefficient (Wildman–Crippen LogP) is 4.44. The van der Waals surface area contributed by atoms with Crippen molar-refractivity contribution >= 4 is 11.3 Å². The zero-order valence-corrected chi connectivity index (χ0v) is 18.1. The molecular formula is C23H31NO4S. The Balaban J connectivity index is 1.38. The molecule has 158 valence electrons. The zero-order chi connectivity index (χ0) is 20.2. The van der Waals surface area contributed by atoms with Crippen LogP contribution in [0.2, 0.25) is 0 Å². The predicted molar refractivity (Wildman–Crippen MR) is 115 cm³/mol. The van der Waals surface area contributed by atoms with Crippen LogP contribution in [0, 0.1) is 0 Å². The maximum Gasteiger partial charge on any atom is 0.164 e. The van der Waals surface area contributed by atoms with E-state index in [0.717, 1.165) is 25.4 Å². The highest BCUT2D eigenvalue weighted by molar-refractivity contribution is 7.12. The molecular weight excluding hydrogens is 386 g/mol. The second kappa shape index (κ2) is 9.37. The summed E-state index contributed by atoms with van der Waals surface area (Å²) in [4.78, 5) is 5.35. The van der Waals surface area contributed by atoms with Gasteiger partial charge in [-0.1, -0.05) is 12.8 Å². The molecule has 5 nitrogen and oxygen atoms in total. The molecule has 1 aromatic heterocycles. The normalized spacial score (nSPS) is 23.3. The lowest BCUT2D eigenvalue weighted by atomic mass is 10.0. The summed E-state index contributed by atoms with van der Waals surface area (Å²) < 4.78 is 16.8. The van der Waals surface area contributed by atoms with Crippen molar-refractivity contribution in [3.05, 3.63) is 40.1 Å². The molecule has 1 aliphatic heterocycles. The van der Waals surface area contributed by atoms with E-state index in [0.29, 0.717) is 23.8 Å². The molecule has 1 aromatic carbocycles. The van der Waals surface area contributed by atoms with Gasteiger partial charge in [-0.15, -0.1) is 11.3 Å². The zero-order valence-electron chi connectivity index (χ0n) is 17.3. The molecule has 0 bridgehead atoms. The SMILES string of the molecule is COc1ccc(O[C@@H]2CN(Cc3ccc(C4CCCC4)s3)CC[C@H]2O)cc1OC. The number of thiophene rings is 1. The summed E-state index contributed by atoms with van der Waals surface area (Å²) in [7, 11) is 3.23. The summed E-state index contributed by atoms with van der Waals surface area (Å²) in [5, 5.41) is 10.5. The van der Waals surface area contributed by atoms with Gasteiger partial charge < -0.3 is 19.3 Å². The number of hydrogen-bond acceptors (Lipinski definition) is 6. The highest BCUT2D eigenvalue weighted by atomic mass is 32.1. The summed E-state index contributed by atoms with van der Waals surface area (Å²) in [6, 6.07) is 10.1. The van der Waals surface area contributed by atoms with E-state index in [1.54, 1.807) is 19.1 Å². The van der Waals surface area contributed by atoms with E-state index >= 15 is 0 Å². The van der Waals surface area contributed by atoms with E-state index in [1.807, 2.05) is 29.5 Å². The van der Waals surface area contributed by atoms with Crippen molar-refractivity contribution < 1.29 is 19.3 Å². The van der Waals surface area contributed by atoms with Crippen LogP contribution < -0.4 is 14.2 Å². The Bertz CT molecular complexity index is 802. The van der Waals surface area contributed by atoms with E-state index < -0.39 is 6.10 Å². The van der Waals surface area contributed by atoms with Crippen LogP contribution in [0.1, 0.15) is 47.8 Å². The van der Waals surface area contributed by atoms with Gasteiger partial charge in [-0.25, -0.2) is 0 Å². The summed E-state index contributed by atoms with van der Waals surface area (Å²) in [6.07, 6.45) is 5.44. The molecule has 1 saturated heterocycles. The fraction of sp³-hybridized carbons (Fsp3) is 0.565. The first-order valence-corrected chi connectivity index (χ1v) is 11.4. The minimum atomic E-state index is -0.461. The second-order valence-corrected chi connectivity index (χ2v) is 9.25. The van der Waals surface area contributed by atoms with Crippen LogP contribution in [0.4, 0.5) is 0 Å². The van der Waals surface area contributed by atoms with E-state index in [-0.39, 0.29) is 6.10 Å². The maximum absolute atomic E-state index is 10.5. The Morgan fingerprint density at radius 2 is 1.83 bits per heavy atom. The number of likely N-dealkylation sites (tertiary alicyclic amines) is 1. The standard InChI is InChI=1S/C23H31NO4S/c1-26-20-9-7-17(13-21(20)27-2)28-22-15-24(12-11-19(22)25)14-18-8-10-23(29-18)16-5-3-4-6-16/h7-10,13,16,19,22,25H,3-6,11-12,14-15H2,1-2H3/t19-,22-/m1/s1. The van der Waals surface area contributed by atoms with Gasteiger partial charge in [-0.3, -0.25) is 4.90 Å². The monoisotopic (exact) mass is 417 g/mol. The number of ether oxygens (including phenoxy) is 3. The van der Waals surface area contributed by atoms with Gasteiger partial charge in [0.1, 0.15) is 11.9 Å². The average molecular weight is 418 g/mol. The van der Waals surface area contributed by atoms with Gasteiger partial charge in [0.15, 0.2) is 11.5 Å². The Hall–Kier alpha value is -1.76. The number of hydrogen-bond donors (Lipinski definition) is 1. The molecule has 1 saturated carbocycles. The lowest BCUT2D eigenvalue weighted by Gasteiger charge is -2.36. The summed E-state index contributed by atoms with van der Waals surface area (Å²) in [5.74, 6) is 2.76. The number of piperidine rings is 1. The molecule has 29 heavy (non-hydrogen) atoms. The minimum absolute atomic E-state index is 0.254. The fourth-order valence-electron chi connectivity index (χ4n) is 4.42. The van der Waals surface area contributed by atoms with E-state index in [1.165, 1.54) is 30.6 Å². The summed E-state index contributed by atoms with van der Waals surface area (Å²) in [6.45, 7) is 2.53. The van der Waals surface area contributed by atoms with E-state index in [9.17, 15) is 5.11 Å². The van der Waals surface area contributed by atoms with Gasteiger partial charge >= 0.3 is 0 Å². The second-order valence-electron chi connectivity index (χ2n) is 8.05. The molecule has 0 radical (unpaired) electrons. The van der Waals surface area contributed by atoms with Crippen molar-refractivity contribution in [3.8, 4) is 17.2 Å². The van der Waals surface area contributed by atoms with Crippen molar-refractivity contribution in [2.75, 3.05) is 27.3 Å². The minimum Gasteiger partial charge on any atom is -0.493 e. The lowest BCUT2D eigenvalue weighted by Crippen LogP contribution is -2.49. The van der Waals surface area contributed by atoms with Crippen LogP contribution in [-0.2, 0) is 6.54 Å². The molecule has 0 spiro atoms. The smallest absolute Gasteiger partial charge is 0.164 e. The van der Waals surface area contributed by atoms with Crippen LogP contribution in [0.5, 0.6) is 17.2 Å². The third-order valence-electron chi connectivity index (χ3n) is 6.07. The molecule has 2 atom stereocenters. The largest absolute Gasteiger partial charge is 0.493 e.